The lowest BCUT2D eigenvalue weighted by Crippen LogP contribution is -2.11. The second kappa shape index (κ2) is 9.67. The monoisotopic (exact) mass is 334 g/mol. The fourth-order valence-electron chi connectivity index (χ4n) is 2.65. The second-order valence-corrected chi connectivity index (χ2v) is 6.31. The van der Waals surface area contributed by atoms with Gasteiger partial charge in [0.2, 0.25) is 0 Å². The van der Waals surface area contributed by atoms with Crippen molar-refractivity contribution >= 4 is 22.4 Å². The highest BCUT2D eigenvalue weighted by atomic mass is 35.5. The van der Waals surface area contributed by atoms with Crippen LogP contribution in [0.15, 0.2) is 36.4 Å². The Balaban J connectivity index is 1.99. The van der Waals surface area contributed by atoms with Gasteiger partial charge in [0, 0.05) is 0 Å². The SMILES string of the molecule is CCCCC(CC)COc1ccc2cc(OCCCl)ccc2c1. The van der Waals surface area contributed by atoms with Crippen molar-refractivity contribution < 1.29 is 9.47 Å². The van der Waals surface area contributed by atoms with E-state index in [2.05, 4.69) is 32.0 Å². The van der Waals surface area contributed by atoms with Gasteiger partial charge >= 0.3 is 0 Å². The number of rotatable bonds is 10. The first-order valence-electron chi connectivity index (χ1n) is 8.62. The quantitative estimate of drug-likeness (QED) is 0.492. The molecule has 0 saturated carbocycles. The standard InChI is InChI=1S/C20H27ClO2/c1-3-5-6-16(4-2)15-23-20-10-8-17-13-19(22-12-11-21)9-7-18(17)14-20/h7-10,13-14,16H,3-6,11-12,15H2,1-2H3. The zero-order valence-electron chi connectivity index (χ0n) is 14.2. The van der Waals surface area contributed by atoms with Crippen molar-refractivity contribution in [3.05, 3.63) is 36.4 Å². The first-order valence-corrected chi connectivity index (χ1v) is 9.15. The number of halogens is 1. The van der Waals surface area contributed by atoms with E-state index in [0.29, 0.717) is 18.4 Å². The van der Waals surface area contributed by atoms with E-state index in [0.717, 1.165) is 23.5 Å². The van der Waals surface area contributed by atoms with Crippen LogP contribution < -0.4 is 9.47 Å². The molecule has 23 heavy (non-hydrogen) atoms. The van der Waals surface area contributed by atoms with Crippen LogP contribution in [0.25, 0.3) is 10.8 Å². The highest BCUT2D eigenvalue weighted by Crippen LogP contribution is 2.26. The Morgan fingerprint density at radius 3 is 2.17 bits per heavy atom. The van der Waals surface area contributed by atoms with Crippen molar-refractivity contribution in [3.8, 4) is 11.5 Å². The van der Waals surface area contributed by atoms with Crippen molar-refractivity contribution in [2.45, 2.75) is 39.5 Å². The molecule has 0 amide bonds. The van der Waals surface area contributed by atoms with Gasteiger partial charge in [-0.1, -0.05) is 45.2 Å². The highest BCUT2D eigenvalue weighted by Gasteiger charge is 2.07. The molecule has 0 radical (unpaired) electrons. The third kappa shape index (κ3) is 5.62. The summed E-state index contributed by atoms with van der Waals surface area (Å²) in [5, 5.41) is 2.32. The summed E-state index contributed by atoms with van der Waals surface area (Å²) in [7, 11) is 0. The van der Waals surface area contributed by atoms with Gasteiger partial charge in [0.25, 0.3) is 0 Å². The largest absolute Gasteiger partial charge is 0.493 e. The third-order valence-electron chi connectivity index (χ3n) is 4.16. The topological polar surface area (TPSA) is 18.5 Å². The van der Waals surface area contributed by atoms with Crippen molar-refractivity contribution in [2.75, 3.05) is 19.1 Å². The molecule has 0 saturated heterocycles. The molecule has 3 heteroatoms. The molecule has 0 bridgehead atoms. The second-order valence-electron chi connectivity index (χ2n) is 5.94. The van der Waals surface area contributed by atoms with Crippen molar-refractivity contribution in [2.24, 2.45) is 5.92 Å². The van der Waals surface area contributed by atoms with Gasteiger partial charge in [0.05, 0.1) is 12.5 Å². The Kier molecular flexibility index (Phi) is 7.54. The molecule has 0 aliphatic carbocycles. The van der Waals surface area contributed by atoms with E-state index in [4.69, 9.17) is 21.1 Å². The molecule has 0 fully saturated rings. The molecule has 2 rings (SSSR count). The molecule has 0 aromatic heterocycles. The van der Waals surface area contributed by atoms with Crippen LogP contribution in [0.5, 0.6) is 11.5 Å². The lowest BCUT2D eigenvalue weighted by Gasteiger charge is -2.16. The Morgan fingerprint density at radius 1 is 0.957 bits per heavy atom. The lowest BCUT2D eigenvalue weighted by molar-refractivity contribution is 0.233. The van der Waals surface area contributed by atoms with E-state index in [1.165, 1.54) is 31.1 Å². The summed E-state index contributed by atoms with van der Waals surface area (Å²) < 4.78 is 11.6. The van der Waals surface area contributed by atoms with Crippen LogP contribution in [0.1, 0.15) is 39.5 Å². The molecule has 2 aromatic carbocycles. The summed E-state index contributed by atoms with van der Waals surface area (Å²) in [6, 6.07) is 12.3. The Hall–Kier alpha value is -1.41. The predicted molar refractivity (Wildman–Crippen MR) is 99.0 cm³/mol. The molecule has 1 unspecified atom stereocenters. The smallest absolute Gasteiger partial charge is 0.119 e. The molecule has 0 N–H and O–H groups in total. The third-order valence-corrected chi connectivity index (χ3v) is 4.31. The van der Waals surface area contributed by atoms with Crippen molar-refractivity contribution in [1.82, 2.24) is 0 Å². The van der Waals surface area contributed by atoms with Crippen LogP contribution >= 0.6 is 11.6 Å². The molecule has 0 spiro atoms. The molecule has 2 nitrogen and oxygen atoms in total. The maximum atomic E-state index is 6.01. The fourth-order valence-corrected chi connectivity index (χ4v) is 2.73. The molecule has 0 aliphatic heterocycles. The number of benzene rings is 2. The normalized spacial score (nSPS) is 12.3. The Labute approximate surface area is 144 Å². The van der Waals surface area contributed by atoms with Gasteiger partial charge in [-0.25, -0.2) is 0 Å². The molecular formula is C20H27ClO2. The molecule has 0 heterocycles. The summed E-state index contributed by atoms with van der Waals surface area (Å²) in [5.74, 6) is 2.96. The number of fused-ring (bicyclic) bond motifs is 1. The molecule has 126 valence electrons. The Bertz CT molecular complexity index is 597. The summed E-state index contributed by atoms with van der Waals surface area (Å²) in [6.07, 6.45) is 4.96. The minimum Gasteiger partial charge on any atom is -0.493 e. The van der Waals surface area contributed by atoms with Crippen LogP contribution in [0.2, 0.25) is 0 Å². The summed E-state index contributed by atoms with van der Waals surface area (Å²) in [6.45, 7) is 5.82. The Morgan fingerprint density at radius 2 is 1.61 bits per heavy atom. The average Bonchev–Trinajstić information content (AvgIpc) is 2.60. The fraction of sp³-hybridized carbons (Fsp3) is 0.500. The van der Waals surface area contributed by atoms with E-state index < -0.39 is 0 Å². The van der Waals surface area contributed by atoms with E-state index >= 15 is 0 Å². The molecule has 1 atom stereocenters. The number of ether oxygens (including phenoxy) is 2. The van der Waals surface area contributed by atoms with E-state index in [1.54, 1.807) is 0 Å². The number of hydrogen-bond donors (Lipinski definition) is 0. The number of alkyl halides is 1. The predicted octanol–water partition coefficient (Wildman–Crippen LogP) is 6.05. The number of hydrogen-bond acceptors (Lipinski definition) is 2. The molecular weight excluding hydrogens is 308 g/mol. The van der Waals surface area contributed by atoms with Crippen LogP contribution in [0, 0.1) is 5.92 Å². The average molecular weight is 335 g/mol. The van der Waals surface area contributed by atoms with Gasteiger partial charge in [0.1, 0.15) is 18.1 Å². The maximum Gasteiger partial charge on any atom is 0.119 e. The van der Waals surface area contributed by atoms with Gasteiger partial charge < -0.3 is 9.47 Å². The van der Waals surface area contributed by atoms with Crippen LogP contribution in [0.4, 0.5) is 0 Å². The van der Waals surface area contributed by atoms with E-state index in [1.807, 2.05) is 18.2 Å². The van der Waals surface area contributed by atoms with Gasteiger partial charge in [0.15, 0.2) is 0 Å². The lowest BCUT2D eigenvalue weighted by atomic mass is 10.0. The zero-order valence-corrected chi connectivity index (χ0v) is 14.9. The first-order chi connectivity index (χ1) is 11.3. The van der Waals surface area contributed by atoms with E-state index in [-0.39, 0.29) is 0 Å². The summed E-state index contributed by atoms with van der Waals surface area (Å²) in [4.78, 5) is 0. The van der Waals surface area contributed by atoms with Crippen LogP contribution in [-0.2, 0) is 0 Å². The minimum absolute atomic E-state index is 0.501. The van der Waals surface area contributed by atoms with Crippen molar-refractivity contribution in [1.29, 1.82) is 0 Å². The number of unbranched alkanes of at least 4 members (excludes halogenated alkanes) is 1. The maximum absolute atomic E-state index is 6.01. The zero-order chi connectivity index (χ0) is 16.5. The van der Waals surface area contributed by atoms with Crippen LogP contribution in [-0.4, -0.2) is 19.1 Å². The van der Waals surface area contributed by atoms with Gasteiger partial charge in [-0.2, -0.15) is 0 Å². The molecule has 2 aromatic rings. The molecule has 0 aliphatic rings. The summed E-state index contributed by atoms with van der Waals surface area (Å²) in [5.41, 5.74) is 0. The van der Waals surface area contributed by atoms with Gasteiger partial charge in [-0.05, 0) is 47.4 Å². The summed E-state index contributed by atoms with van der Waals surface area (Å²) >= 11 is 5.65. The first kappa shape index (κ1) is 17.9. The van der Waals surface area contributed by atoms with Crippen molar-refractivity contribution in [3.63, 3.8) is 0 Å². The highest BCUT2D eigenvalue weighted by molar-refractivity contribution is 6.18. The van der Waals surface area contributed by atoms with Gasteiger partial charge in [-0.15, -0.1) is 11.6 Å². The minimum atomic E-state index is 0.501. The van der Waals surface area contributed by atoms with Gasteiger partial charge in [-0.3, -0.25) is 0 Å². The van der Waals surface area contributed by atoms with E-state index in [9.17, 15) is 0 Å². The van der Waals surface area contributed by atoms with Crippen LogP contribution in [0.3, 0.4) is 0 Å².